The summed E-state index contributed by atoms with van der Waals surface area (Å²) in [4.78, 5) is 8.55. The first-order chi connectivity index (χ1) is 12.9. The van der Waals surface area contributed by atoms with Crippen LogP contribution in [0.5, 0.6) is 0 Å². The van der Waals surface area contributed by atoms with Crippen LogP contribution in [-0.2, 0) is 4.74 Å². The third-order valence-corrected chi connectivity index (χ3v) is 8.86. The highest BCUT2D eigenvalue weighted by molar-refractivity contribution is 7.78. The average Bonchev–Trinajstić information content (AvgIpc) is 2.57. The first-order valence-corrected chi connectivity index (χ1v) is 11.3. The van der Waals surface area contributed by atoms with Crippen molar-refractivity contribution >= 4 is 29.0 Å². The second kappa shape index (κ2) is 7.33. The van der Waals surface area contributed by atoms with Gasteiger partial charge in [0.2, 0.25) is 0 Å². The van der Waals surface area contributed by atoms with Crippen LogP contribution in [0.25, 0.3) is 4.85 Å². The van der Waals surface area contributed by atoms with E-state index in [4.69, 9.17) is 35.1 Å². The van der Waals surface area contributed by atoms with E-state index in [1.54, 1.807) is 0 Å². The largest absolute Gasteiger partial charge is 0.382 e. The lowest BCUT2D eigenvalue weighted by molar-refractivity contribution is -0.218. The van der Waals surface area contributed by atoms with E-state index in [9.17, 15) is 5.11 Å². The number of alkyl halides is 1. The number of hydrogen-bond donors (Lipinski definition) is 1. The molecule has 0 radical (unpaired) electrons. The normalized spacial score (nSPS) is 50.7. The summed E-state index contributed by atoms with van der Waals surface area (Å²) in [6, 6.07) is -0.464. The van der Waals surface area contributed by atoms with Gasteiger partial charge in [-0.25, -0.2) is 11.6 Å². The highest BCUT2D eigenvalue weighted by Crippen LogP contribution is 2.58. The van der Waals surface area contributed by atoms with Crippen molar-refractivity contribution in [1.29, 1.82) is 0 Å². The quantitative estimate of drug-likeness (QED) is 0.284. The lowest BCUT2D eigenvalue weighted by Gasteiger charge is -2.58. The zero-order valence-electron chi connectivity index (χ0n) is 17.7. The van der Waals surface area contributed by atoms with Gasteiger partial charge in [0, 0.05) is 5.92 Å². The molecule has 1 N–H and O–H groups in total. The Morgan fingerprint density at radius 2 is 1.75 bits per heavy atom. The zero-order valence-corrected chi connectivity index (χ0v) is 19.2. The van der Waals surface area contributed by atoms with Crippen molar-refractivity contribution in [2.75, 3.05) is 0 Å². The van der Waals surface area contributed by atoms with Crippen LogP contribution >= 0.6 is 23.8 Å². The summed E-state index contributed by atoms with van der Waals surface area (Å²) in [6.45, 7) is 18.2. The molecule has 156 valence electrons. The van der Waals surface area contributed by atoms with E-state index in [0.29, 0.717) is 6.42 Å². The molecule has 0 unspecified atom stereocenters. The first kappa shape index (κ1) is 22.2. The lowest BCUT2D eigenvalue weighted by Crippen LogP contribution is -2.64. The van der Waals surface area contributed by atoms with E-state index in [2.05, 4.69) is 42.7 Å². The summed E-state index contributed by atoms with van der Waals surface area (Å²) in [7, 11) is 0. The second-order valence-electron chi connectivity index (χ2n) is 10.4. The van der Waals surface area contributed by atoms with Crippen LogP contribution in [0.3, 0.4) is 0 Å². The van der Waals surface area contributed by atoms with Crippen LogP contribution in [-0.4, -0.2) is 44.0 Å². The first-order valence-electron chi connectivity index (χ1n) is 10.4. The molecule has 0 aromatic heterocycles. The number of nitrogens with zero attached hydrogens (tertiary/aromatic N) is 2. The predicted molar refractivity (Wildman–Crippen MR) is 116 cm³/mol. The lowest BCUT2D eigenvalue weighted by atomic mass is 9.51. The van der Waals surface area contributed by atoms with Gasteiger partial charge in [0.05, 0.1) is 27.3 Å². The van der Waals surface area contributed by atoms with E-state index in [0.717, 1.165) is 32.1 Å². The molecule has 0 amide bonds. The molecule has 4 nitrogen and oxygen atoms in total. The molecular formula is C22H33ClN2O2S. The molecule has 1 heterocycles. The summed E-state index contributed by atoms with van der Waals surface area (Å²) in [5, 5.41) is 13.7. The number of ether oxygens (including phenoxy) is 1. The van der Waals surface area contributed by atoms with E-state index in [1.165, 1.54) is 0 Å². The van der Waals surface area contributed by atoms with E-state index in [1.807, 2.05) is 6.92 Å². The third-order valence-electron chi connectivity index (χ3n) is 8.02. The van der Waals surface area contributed by atoms with Gasteiger partial charge in [0.15, 0.2) is 0 Å². The standard InChI is InChI=1S/C22H33ClN2O2S/c1-19(2)16(23)9-12-22(5,27-19)15-7-10-20(3,25-13-28)14-8-11-21(4,26)18(24-6)17(14)15/h14-18,26H,7-12H2,1-5H3/t14-,15-,16-,17-,18+,20-,21+,22+/m0/s1. The average molecular weight is 425 g/mol. The molecule has 0 aromatic rings. The van der Waals surface area contributed by atoms with Gasteiger partial charge in [-0.05, 0) is 97.2 Å². The molecule has 2 aliphatic carbocycles. The van der Waals surface area contributed by atoms with Crippen LogP contribution < -0.4 is 0 Å². The summed E-state index contributed by atoms with van der Waals surface area (Å²) >= 11 is 11.5. The van der Waals surface area contributed by atoms with Gasteiger partial charge in [-0.15, -0.1) is 11.6 Å². The molecule has 6 heteroatoms. The number of fused-ring (bicyclic) bond motifs is 1. The molecular weight excluding hydrogens is 392 g/mol. The number of hydrogen-bond acceptors (Lipinski definition) is 4. The smallest absolute Gasteiger partial charge is 0.255 e. The number of halogens is 1. The molecule has 3 fully saturated rings. The van der Waals surface area contributed by atoms with Crippen molar-refractivity contribution in [1.82, 2.24) is 0 Å². The molecule has 2 saturated carbocycles. The molecule has 1 saturated heterocycles. The minimum absolute atomic E-state index is 0.0137. The van der Waals surface area contributed by atoms with Crippen molar-refractivity contribution < 1.29 is 9.84 Å². The molecule has 0 bridgehead atoms. The topological polar surface area (TPSA) is 46.2 Å². The maximum Gasteiger partial charge on any atom is 0.255 e. The molecule has 3 aliphatic rings. The summed E-state index contributed by atoms with van der Waals surface area (Å²) < 4.78 is 6.67. The molecule has 3 rings (SSSR count). The highest BCUT2D eigenvalue weighted by Gasteiger charge is 2.64. The van der Waals surface area contributed by atoms with E-state index in [-0.39, 0.29) is 34.3 Å². The third kappa shape index (κ3) is 3.57. The Hall–Kier alpha value is -0.500. The molecule has 1 aliphatic heterocycles. The fourth-order valence-electron chi connectivity index (χ4n) is 6.39. The Morgan fingerprint density at radius 3 is 2.32 bits per heavy atom. The second-order valence-corrected chi connectivity index (χ2v) is 11.1. The SMILES string of the molecule is [C-]#[N+][C@@H]1[C@@H]2[C@@H]([C@@]3(C)CC[C@H](Cl)C(C)(C)O3)CC[C@](C)(N=C=S)[C@H]2CC[C@@]1(C)O. The van der Waals surface area contributed by atoms with E-state index < -0.39 is 17.2 Å². The van der Waals surface area contributed by atoms with Crippen molar-refractivity contribution in [3.63, 3.8) is 0 Å². The molecule has 0 spiro atoms. The summed E-state index contributed by atoms with van der Waals surface area (Å²) in [6.07, 6.45) is 5.03. The number of rotatable bonds is 2. The monoisotopic (exact) mass is 424 g/mol. The molecule has 0 aromatic carbocycles. The van der Waals surface area contributed by atoms with Crippen molar-refractivity contribution in [3.8, 4) is 0 Å². The fraction of sp³-hybridized carbons (Fsp3) is 0.909. The fourth-order valence-corrected chi connectivity index (χ4v) is 6.76. The van der Waals surface area contributed by atoms with Crippen LogP contribution in [0.15, 0.2) is 4.99 Å². The van der Waals surface area contributed by atoms with Crippen LogP contribution in [0.4, 0.5) is 0 Å². The highest BCUT2D eigenvalue weighted by atomic mass is 35.5. The Bertz CT molecular complexity index is 714. The van der Waals surface area contributed by atoms with Crippen molar-refractivity contribution in [2.24, 2.45) is 22.7 Å². The summed E-state index contributed by atoms with van der Waals surface area (Å²) in [5.41, 5.74) is -2.09. The van der Waals surface area contributed by atoms with Crippen LogP contribution in [0.1, 0.15) is 73.1 Å². The van der Waals surface area contributed by atoms with Crippen molar-refractivity contribution in [3.05, 3.63) is 11.4 Å². The van der Waals surface area contributed by atoms with Gasteiger partial charge in [0.25, 0.3) is 6.04 Å². The number of aliphatic imine (C=N–C) groups is 1. The maximum absolute atomic E-state index is 11.1. The molecule has 8 atom stereocenters. The van der Waals surface area contributed by atoms with Gasteiger partial charge < -0.3 is 14.7 Å². The van der Waals surface area contributed by atoms with Crippen LogP contribution in [0, 0.1) is 24.3 Å². The van der Waals surface area contributed by atoms with Gasteiger partial charge >= 0.3 is 0 Å². The van der Waals surface area contributed by atoms with Gasteiger partial charge in [-0.3, -0.25) is 0 Å². The van der Waals surface area contributed by atoms with Gasteiger partial charge in [0.1, 0.15) is 5.60 Å². The van der Waals surface area contributed by atoms with Crippen molar-refractivity contribution in [2.45, 2.75) is 107 Å². The minimum atomic E-state index is -0.990. The number of thiocarbonyl (C=S) groups is 1. The van der Waals surface area contributed by atoms with E-state index >= 15 is 0 Å². The Morgan fingerprint density at radius 1 is 1.11 bits per heavy atom. The number of isothiocyanates is 1. The zero-order chi connectivity index (χ0) is 21.0. The Balaban J connectivity index is 2.05. The van der Waals surface area contributed by atoms with Crippen LogP contribution in [0.2, 0.25) is 0 Å². The Labute approximate surface area is 179 Å². The maximum atomic E-state index is 11.1. The van der Waals surface area contributed by atoms with Gasteiger partial charge in [-0.1, -0.05) is 0 Å². The Kier molecular flexibility index (Phi) is 5.81. The van der Waals surface area contributed by atoms with Gasteiger partial charge in [-0.2, -0.15) is 0 Å². The summed E-state index contributed by atoms with van der Waals surface area (Å²) in [5.74, 6) is 0.387. The minimum Gasteiger partial charge on any atom is -0.382 e. The molecule has 28 heavy (non-hydrogen) atoms. The predicted octanol–water partition coefficient (Wildman–Crippen LogP) is 5.28. The number of aliphatic hydroxyl groups is 1.